The molecular weight excluding hydrogens is 264 g/mol. The van der Waals surface area contributed by atoms with Crippen LogP contribution >= 0.6 is 0 Å². The number of rotatable bonds is 0. The predicted octanol–water partition coefficient (Wildman–Crippen LogP) is 3.48. The van der Waals surface area contributed by atoms with E-state index in [0.717, 1.165) is 38.9 Å². The first-order valence-electron chi connectivity index (χ1n) is 7.86. The minimum Gasteiger partial charge on any atom is -0.379 e. The van der Waals surface area contributed by atoms with Crippen LogP contribution in [0.25, 0.3) is 5.57 Å². The highest BCUT2D eigenvalue weighted by Gasteiger charge is 2.01. The van der Waals surface area contributed by atoms with Gasteiger partial charge in [0.25, 0.3) is 0 Å². The van der Waals surface area contributed by atoms with E-state index in [1.165, 1.54) is 16.7 Å². The van der Waals surface area contributed by atoms with Crippen molar-refractivity contribution in [2.45, 2.75) is 25.7 Å². The third-order valence-corrected chi connectivity index (χ3v) is 3.63. The molecule has 1 aromatic carbocycles. The van der Waals surface area contributed by atoms with Crippen LogP contribution in [0, 0.1) is 0 Å². The van der Waals surface area contributed by atoms with Gasteiger partial charge in [0.1, 0.15) is 0 Å². The number of fused-ring (bicyclic) bond motifs is 15. The summed E-state index contributed by atoms with van der Waals surface area (Å²) in [5, 5.41) is 0. The minimum absolute atomic E-state index is 0.644. The zero-order valence-corrected chi connectivity index (χ0v) is 12.8. The lowest BCUT2D eigenvalue weighted by molar-refractivity contribution is 0.0139. The van der Waals surface area contributed by atoms with E-state index in [2.05, 4.69) is 30.8 Å². The maximum atomic E-state index is 5.56. The molecule has 0 N–H and O–H groups in total. The van der Waals surface area contributed by atoms with Crippen molar-refractivity contribution in [3.63, 3.8) is 0 Å². The minimum atomic E-state index is 0.644. The number of hydrogen-bond donors (Lipinski definition) is 0. The van der Waals surface area contributed by atoms with Gasteiger partial charge < -0.3 is 14.2 Å². The fourth-order valence-corrected chi connectivity index (χ4v) is 2.36. The Kier molecular flexibility index (Phi) is 7.50. The van der Waals surface area contributed by atoms with Crippen molar-refractivity contribution in [1.29, 1.82) is 0 Å². The molecule has 116 valence electrons. The smallest absolute Gasteiger partial charge is 0.0701 e. The van der Waals surface area contributed by atoms with Crippen LogP contribution in [0.3, 0.4) is 0 Å². The van der Waals surface area contributed by atoms with Gasteiger partial charge in [-0.25, -0.2) is 0 Å². The molecule has 0 fully saturated rings. The van der Waals surface area contributed by atoms with Crippen LogP contribution in [-0.4, -0.2) is 39.6 Å². The fraction of sp³-hybridized carbons (Fsp3) is 0.556. The van der Waals surface area contributed by atoms with E-state index in [0.29, 0.717) is 26.4 Å². The highest BCUT2D eigenvalue weighted by molar-refractivity contribution is 5.63. The first-order chi connectivity index (χ1) is 10.4. The largest absolute Gasteiger partial charge is 0.379 e. The monoisotopic (exact) mass is 290 g/mol. The summed E-state index contributed by atoms with van der Waals surface area (Å²) in [7, 11) is 0. The first-order valence-corrected chi connectivity index (χ1v) is 7.86. The van der Waals surface area contributed by atoms with Crippen molar-refractivity contribution in [2.75, 3.05) is 39.6 Å². The van der Waals surface area contributed by atoms with E-state index in [1.807, 2.05) is 0 Å². The van der Waals surface area contributed by atoms with Crippen LogP contribution in [-0.2, 0) is 20.6 Å². The second kappa shape index (κ2) is 9.72. The molecule has 0 spiro atoms. The van der Waals surface area contributed by atoms with Crippen LogP contribution in [0.2, 0.25) is 0 Å². The molecule has 3 nitrogen and oxygen atoms in total. The van der Waals surface area contributed by atoms with E-state index in [9.17, 15) is 0 Å². The summed E-state index contributed by atoms with van der Waals surface area (Å²) in [6, 6.07) is 8.75. The Hall–Kier alpha value is -1.16. The molecule has 3 rings (SSSR count). The summed E-state index contributed by atoms with van der Waals surface area (Å²) in [5.74, 6) is 0. The van der Waals surface area contributed by atoms with E-state index >= 15 is 0 Å². The summed E-state index contributed by atoms with van der Waals surface area (Å²) in [4.78, 5) is 0. The molecule has 0 atom stereocenters. The fourth-order valence-electron chi connectivity index (χ4n) is 2.36. The Labute approximate surface area is 127 Å². The Morgan fingerprint density at radius 1 is 0.667 bits per heavy atom. The van der Waals surface area contributed by atoms with Gasteiger partial charge in [-0.05, 0) is 42.4 Å². The molecule has 0 unspecified atom stereocenters. The molecule has 2 bridgehead atoms. The highest BCUT2D eigenvalue weighted by Crippen LogP contribution is 2.19. The molecule has 2 heterocycles. The Balaban J connectivity index is 1.87. The summed E-state index contributed by atoms with van der Waals surface area (Å²) in [6.45, 7) is 8.33. The third-order valence-electron chi connectivity index (χ3n) is 3.63. The number of aryl methyl sites for hydroxylation is 1. The summed E-state index contributed by atoms with van der Waals surface area (Å²) in [6.07, 6.45) is 4.09. The van der Waals surface area contributed by atoms with Gasteiger partial charge in [-0.15, -0.1) is 0 Å². The summed E-state index contributed by atoms with van der Waals surface area (Å²) < 4.78 is 16.6. The number of ether oxygens (including phenoxy) is 3. The quantitative estimate of drug-likeness (QED) is 0.685. The van der Waals surface area contributed by atoms with Crippen molar-refractivity contribution in [1.82, 2.24) is 0 Å². The lowest BCUT2D eigenvalue weighted by Gasteiger charge is -2.10. The average molecular weight is 290 g/mol. The molecule has 0 aromatic heterocycles. The zero-order valence-electron chi connectivity index (χ0n) is 12.8. The van der Waals surface area contributed by atoms with E-state index in [4.69, 9.17) is 14.2 Å². The third kappa shape index (κ3) is 6.42. The molecule has 2 aliphatic rings. The Morgan fingerprint density at radius 3 is 1.81 bits per heavy atom. The van der Waals surface area contributed by atoms with Gasteiger partial charge in [0, 0.05) is 13.2 Å². The van der Waals surface area contributed by atoms with E-state index < -0.39 is 0 Å². The van der Waals surface area contributed by atoms with Crippen LogP contribution in [0.4, 0.5) is 0 Å². The Bertz CT molecular complexity index is 411. The molecule has 0 saturated heterocycles. The van der Waals surface area contributed by atoms with Crippen molar-refractivity contribution in [2.24, 2.45) is 0 Å². The molecule has 21 heavy (non-hydrogen) atoms. The second-order valence-electron chi connectivity index (χ2n) is 5.34. The lowest BCUT2D eigenvalue weighted by Crippen LogP contribution is -2.10. The van der Waals surface area contributed by atoms with E-state index in [1.54, 1.807) is 0 Å². The van der Waals surface area contributed by atoms with Crippen LogP contribution < -0.4 is 0 Å². The predicted molar refractivity (Wildman–Crippen MR) is 85.5 cm³/mol. The summed E-state index contributed by atoms with van der Waals surface area (Å²) in [5.41, 5.74) is 3.78. The molecule has 0 aliphatic carbocycles. The zero-order chi connectivity index (χ0) is 14.8. The highest BCUT2D eigenvalue weighted by atomic mass is 16.5. The number of allylic oxidation sites excluding steroid dienone is 1. The van der Waals surface area contributed by atoms with Gasteiger partial charge in [-0.3, -0.25) is 0 Å². The molecule has 2 aliphatic heterocycles. The normalized spacial score (nSPS) is 19.9. The van der Waals surface area contributed by atoms with Crippen LogP contribution in [0.15, 0.2) is 30.8 Å². The maximum Gasteiger partial charge on any atom is 0.0701 e. The van der Waals surface area contributed by atoms with Crippen molar-refractivity contribution < 1.29 is 14.2 Å². The average Bonchev–Trinajstić information content (AvgIpc) is 2.51. The van der Waals surface area contributed by atoms with Gasteiger partial charge in [-0.1, -0.05) is 30.8 Å². The standard InChI is InChI=1S/C18H26O3/c1-16-4-2-10-19-12-14-21-15-13-20-11-3-5-17-6-8-18(16)9-7-17/h6-9H,1-5,10-15H2. The molecule has 3 heteroatoms. The van der Waals surface area contributed by atoms with E-state index in [-0.39, 0.29) is 0 Å². The van der Waals surface area contributed by atoms with Crippen LogP contribution in [0.1, 0.15) is 30.4 Å². The SMILES string of the molecule is C=C1CCCOCCOCCOCCCc2ccc1cc2. The van der Waals surface area contributed by atoms with Crippen molar-refractivity contribution in [3.05, 3.63) is 42.0 Å². The van der Waals surface area contributed by atoms with Crippen LogP contribution in [0.5, 0.6) is 0 Å². The second-order valence-corrected chi connectivity index (χ2v) is 5.34. The van der Waals surface area contributed by atoms with Gasteiger partial charge in [0.15, 0.2) is 0 Å². The number of benzene rings is 1. The van der Waals surface area contributed by atoms with Crippen molar-refractivity contribution >= 4 is 5.57 Å². The summed E-state index contributed by atoms with van der Waals surface area (Å²) >= 11 is 0. The molecular formula is C18H26O3. The topological polar surface area (TPSA) is 27.7 Å². The molecule has 0 saturated carbocycles. The molecule has 0 radical (unpaired) electrons. The van der Waals surface area contributed by atoms with Gasteiger partial charge in [0.05, 0.1) is 26.4 Å². The molecule has 0 amide bonds. The van der Waals surface area contributed by atoms with Gasteiger partial charge in [-0.2, -0.15) is 0 Å². The maximum absolute atomic E-state index is 5.56. The van der Waals surface area contributed by atoms with Crippen molar-refractivity contribution in [3.8, 4) is 0 Å². The van der Waals surface area contributed by atoms with Gasteiger partial charge in [0.2, 0.25) is 0 Å². The Morgan fingerprint density at radius 2 is 1.19 bits per heavy atom. The van der Waals surface area contributed by atoms with Gasteiger partial charge >= 0.3 is 0 Å². The number of hydrogen-bond acceptors (Lipinski definition) is 3. The first kappa shape index (κ1) is 16.2. The lowest BCUT2D eigenvalue weighted by atomic mass is 10.0. The molecule has 1 aromatic rings.